The van der Waals surface area contributed by atoms with E-state index in [9.17, 15) is 14.7 Å². The highest BCUT2D eigenvalue weighted by Gasteiger charge is 2.26. The van der Waals surface area contributed by atoms with Crippen LogP contribution in [0.4, 0.5) is 5.82 Å². The molecule has 0 bridgehead atoms. The Bertz CT molecular complexity index is 1050. The number of carboxylic acids is 1. The van der Waals surface area contributed by atoms with Crippen LogP contribution in [0, 0.1) is 0 Å². The molecule has 0 radical (unpaired) electrons. The molecule has 1 aromatic carbocycles. The number of carboxylic acid groups (broad SMARTS) is 1. The van der Waals surface area contributed by atoms with Gasteiger partial charge in [0.2, 0.25) is 5.91 Å². The van der Waals surface area contributed by atoms with Crippen LogP contribution in [-0.4, -0.2) is 63.5 Å². The molecule has 0 saturated carbocycles. The average Bonchev–Trinajstić information content (AvgIpc) is 3.19. The molecule has 3 aromatic rings. The Kier molecular flexibility index (Phi) is 7.00. The molecule has 3 heterocycles. The third-order valence-electron chi connectivity index (χ3n) is 5.27. The molecular weight excluding hydrogens is 428 g/mol. The first-order valence-electron chi connectivity index (χ1n) is 10.4. The Morgan fingerprint density at radius 1 is 1.00 bits per heavy atom. The van der Waals surface area contributed by atoms with Crippen molar-refractivity contribution in [2.45, 2.75) is 18.1 Å². The third-order valence-corrected chi connectivity index (χ3v) is 6.22. The lowest BCUT2D eigenvalue weighted by Gasteiger charge is -2.30. The quantitative estimate of drug-likeness (QED) is 0.438. The second kappa shape index (κ2) is 10.3. The van der Waals surface area contributed by atoms with Gasteiger partial charge in [0.05, 0.1) is 31.6 Å². The normalized spacial score (nSPS) is 13.9. The van der Waals surface area contributed by atoms with Crippen molar-refractivity contribution in [2.75, 3.05) is 36.8 Å². The maximum absolute atomic E-state index is 12.8. The Morgan fingerprint density at radius 3 is 2.44 bits per heavy atom. The van der Waals surface area contributed by atoms with Crippen molar-refractivity contribution in [1.82, 2.24) is 19.7 Å². The van der Waals surface area contributed by atoms with Gasteiger partial charge in [-0.2, -0.15) is 0 Å². The number of amides is 1. The van der Waals surface area contributed by atoms with E-state index in [-0.39, 0.29) is 18.1 Å². The van der Waals surface area contributed by atoms with Gasteiger partial charge in [-0.15, -0.1) is 10.2 Å². The van der Waals surface area contributed by atoms with Crippen LogP contribution in [0.25, 0.3) is 0 Å². The lowest BCUT2D eigenvalue weighted by molar-refractivity contribution is -0.364. The lowest BCUT2D eigenvalue weighted by Crippen LogP contribution is -2.50. The minimum atomic E-state index is -1.21. The topological polar surface area (TPSA) is 109 Å². The molecule has 4 rings (SSSR count). The van der Waals surface area contributed by atoms with E-state index in [4.69, 9.17) is 0 Å². The Morgan fingerprint density at radius 2 is 1.75 bits per heavy atom. The van der Waals surface area contributed by atoms with E-state index in [1.54, 1.807) is 4.57 Å². The first-order valence-corrected chi connectivity index (χ1v) is 11.4. The first-order chi connectivity index (χ1) is 15.6. The van der Waals surface area contributed by atoms with E-state index in [0.717, 1.165) is 24.5 Å². The highest BCUT2D eigenvalue weighted by atomic mass is 32.2. The van der Waals surface area contributed by atoms with Crippen molar-refractivity contribution in [3.63, 3.8) is 0 Å². The molecule has 0 atom stereocenters. The van der Waals surface area contributed by atoms with Crippen molar-refractivity contribution in [1.29, 1.82) is 0 Å². The number of H-pyrrole nitrogens is 1. The molecule has 0 spiro atoms. The minimum Gasteiger partial charge on any atom is -0.550 e. The summed E-state index contributed by atoms with van der Waals surface area (Å²) in [5, 5.41) is 19.8. The van der Waals surface area contributed by atoms with Crippen LogP contribution in [0.5, 0.6) is 0 Å². The number of aromatic nitrogens is 4. The number of pyridine rings is 1. The van der Waals surface area contributed by atoms with Gasteiger partial charge in [-0.1, -0.05) is 48.2 Å². The van der Waals surface area contributed by atoms with Gasteiger partial charge in [-0.25, -0.2) is 4.98 Å². The molecule has 1 aliphatic rings. The van der Waals surface area contributed by atoms with E-state index < -0.39 is 5.97 Å². The van der Waals surface area contributed by atoms with E-state index in [2.05, 4.69) is 20.1 Å². The van der Waals surface area contributed by atoms with Gasteiger partial charge in [0, 0.05) is 18.5 Å². The molecule has 1 N–H and O–H groups in total. The number of aliphatic carboxylic acids is 1. The van der Waals surface area contributed by atoms with Gasteiger partial charge >= 0.3 is 0 Å². The van der Waals surface area contributed by atoms with Gasteiger partial charge in [-0.3, -0.25) is 9.69 Å². The fourth-order valence-electron chi connectivity index (χ4n) is 3.61. The van der Waals surface area contributed by atoms with Crippen LogP contribution in [-0.2, 0) is 22.6 Å². The second-order valence-corrected chi connectivity index (χ2v) is 8.37. The van der Waals surface area contributed by atoms with Crippen molar-refractivity contribution < 1.29 is 19.7 Å². The summed E-state index contributed by atoms with van der Waals surface area (Å²) in [4.78, 5) is 31.2. The fourth-order valence-corrected chi connectivity index (χ4v) is 4.46. The van der Waals surface area contributed by atoms with Crippen LogP contribution >= 0.6 is 11.8 Å². The summed E-state index contributed by atoms with van der Waals surface area (Å²) in [5.74, 6) is 0.394. The molecule has 0 unspecified atom stereocenters. The molecule has 9 nitrogen and oxygen atoms in total. The minimum absolute atomic E-state index is 0.0300. The lowest BCUT2D eigenvalue weighted by atomic mass is 10.2. The van der Waals surface area contributed by atoms with Gasteiger partial charge in [-0.05, 0) is 11.6 Å². The van der Waals surface area contributed by atoms with Crippen molar-refractivity contribution in [3.8, 4) is 0 Å². The largest absolute Gasteiger partial charge is 0.550 e. The number of carbonyl (C=O) groups excluding carboxylic acids is 2. The maximum Gasteiger partial charge on any atom is 0.274 e. The zero-order valence-corrected chi connectivity index (χ0v) is 18.3. The number of thioether (sulfide) groups is 1. The highest BCUT2D eigenvalue weighted by Crippen LogP contribution is 2.20. The van der Waals surface area contributed by atoms with E-state index in [1.807, 2.05) is 59.6 Å². The summed E-state index contributed by atoms with van der Waals surface area (Å²) in [6.07, 6.45) is 1.57. The van der Waals surface area contributed by atoms with E-state index >= 15 is 0 Å². The molecule has 1 saturated heterocycles. The number of piperazine rings is 1. The number of carbonyl (C=O) groups is 2. The molecular formula is C22H24N6O3S. The fraction of sp³-hybridized carbons (Fsp3) is 0.318. The van der Waals surface area contributed by atoms with Gasteiger partial charge in [0.25, 0.3) is 5.82 Å². The van der Waals surface area contributed by atoms with Gasteiger partial charge in [0.1, 0.15) is 18.9 Å². The molecule has 1 aliphatic heterocycles. The Labute approximate surface area is 190 Å². The molecule has 32 heavy (non-hydrogen) atoms. The van der Waals surface area contributed by atoms with Crippen molar-refractivity contribution in [3.05, 3.63) is 66.1 Å². The predicted molar refractivity (Wildman–Crippen MR) is 117 cm³/mol. The molecule has 1 amide bonds. The van der Waals surface area contributed by atoms with Gasteiger partial charge < -0.3 is 19.4 Å². The van der Waals surface area contributed by atoms with Crippen LogP contribution in [0.1, 0.15) is 11.4 Å². The molecule has 10 heteroatoms. The number of anilines is 1. The molecule has 0 aliphatic carbocycles. The number of nitrogens with one attached hydrogen (secondary N) is 1. The number of benzene rings is 1. The standard InChI is InChI=1S/C22H24N6O3S/c29-20(27-12-10-26(11-13-27)18-8-4-5-9-23-18)16-32-22-25-24-19(14-21(30)31)28(22)15-17-6-2-1-3-7-17/h1-9H,10-16H2,(H,30,31). The van der Waals surface area contributed by atoms with E-state index in [1.165, 1.54) is 11.8 Å². The third kappa shape index (κ3) is 5.44. The highest BCUT2D eigenvalue weighted by molar-refractivity contribution is 7.99. The monoisotopic (exact) mass is 452 g/mol. The number of rotatable bonds is 8. The van der Waals surface area contributed by atoms with Crippen molar-refractivity contribution >= 4 is 29.5 Å². The number of hydrogen-bond acceptors (Lipinski definition) is 7. The number of nitrogens with zero attached hydrogens (tertiary/aromatic N) is 5. The summed E-state index contributed by atoms with van der Waals surface area (Å²) in [6, 6.07) is 15.6. The summed E-state index contributed by atoms with van der Waals surface area (Å²) in [6.45, 7) is 3.25. The van der Waals surface area contributed by atoms with Crippen LogP contribution in [0.15, 0.2) is 59.9 Å². The van der Waals surface area contributed by atoms with Crippen LogP contribution in [0.2, 0.25) is 0 Å². The first kappa shape index (κ1) is 21.8. The summed E-state index contributed by atoms with van der Waals surface area (Å²) in [7, 11) is 0. The smallest absolute Gasteiger partial charge is 0.274 e. The zero-order chi connectivity index (χ0) is 22.3. The maximum atomic E-state index is 12.8. The SMILES string of the molecule is O=C([O-])Cc1nnc(SCC(=O)N2CCN(c3cccc[nH+]3)CC2)n1Cc1ccccc1. The number of hydrogen-bond donors (Lipinski definition) is 0. The number of aromatic amines is 1. The van der Waals surface area contributed by atoms with E-state index in [0.29, 0.717) is 30.6 Å². The van der Waals surface area contributed by atoms with Crippen molar-refractivity contribution in [2.24, 2.45) is 0 Å². The zero-order valence-electron chi connectivity index (χ0n) is 17.5. The molecule has 2 aromatic heterocycles. The Hall–Kier alpha value is -3.40. The average molecular weight is 453 g/mol. The summed E-state index contributed by atoms with van der Waals surface area (Å²) in [5.41, 5.74) is 0.994. The summed E-state index contributed by atoms with van der Waals surface area (Å²) >= 11 is 1.28. The van der Waals surface area contributed by atoms with Crippen LogP contribution < -0.4 is 15.0 Å². The summed E-state index contributed by atoms with van der Waals surface area (Å²) < 4.78 is 1.74. The second-order valence-electron chi connectivity index (χ2n) is 7.42. The Balaban J connectivity index is 1.37. The molecule has 166 valence electrons. The molecule has 1 fully saturated rings. The van der Waals surface area contributed by atoms with Gasteiger partial charge in [0.15, 0.2) is 5.16 Å². The predicted octanol–water partition coefficient (Wildman–Crippen LogP) is -0.126. The van der Waals surface area contributed by atoms with Crippen LogP contribution in [0.3, 0.4) is 0 Å².